The molecule has 5 rings (SSSR count). The highest BCUT2D eigenvalue weighted by molar-refractivity contribution is 7.12. The molecule has 2 amide bonds. The number of hydrogen-bond acceptors (Lipinski definition) is 5. The number of rotatable bonds is 5. The number of hydrogen-bond donors (Lipinski definition) is 1. The molecule has 0 saturated carbocycles. The maximum Gasteiger partial charge on any atom is 0.263 e. The first-order chi connectivity index (χ1) is 16.1. The molecular weight excluding hydrogens is 434 g/mol. The lowest BCUT2D eigenvalue weighted by molar-refractivity contribution is -0.122. The average molecular weight is 462 g/mol. The molecule has 170 valence electrons. The monoisotopic (exact) mass is 461 g/mol. The van der Waals surface area contributed by atoms with Crippen LogP contribution < -0.4 is 5.32 Å². The van der Waals surface area contributed by atoms with Crippen molar-refractivity contribution in [3.05, 3.63) is 87.9 Å². The lowest BCUT2D eigenvalue weighted by Crippen LogP contribution is -2.51. The van der Waals surface area contributed by atoms with Crippen molar-refractivity contribution in [1.29, 1.82) is 0 Å². The molecule has 2 aliphatic rings. The van der Waals surface area contributed by atoms with Gasteiger partial charge in [-0.05, 0) is 53.1 Å². The number of carbonyl (C=O) groups is 2. The predicted octanol–water partition coefficient (Wildman–Crippen LogP) is 4.09. The van der Waals surface area contributed by atoms with Crippen LogP contribution in [0.3, 0.4) is 0 Å². The van der Waals surface area contributed by atoms with E-state index in [0.29, 0.717) is 19.7 Å². The minimum absolute atomic E-state index is 0.0744. The number of benzene rings is 1. The molecule has 3 aromatic rings. The van der Waals surface area contributed by atoms with Crippen LogP contribution in [0.25, 0.3) is 0 Å². The maximum atomic E-state index is 13.0. The number of nitrogens with zero attached hydrogens (tertiary/aromatic N) is 2. The summed E-state index contributed by atoms with van der Waals surface area (Å²) in [5, 5.41) is 5.09. The molecular formula is C26H27N3O3S. The topological polar surface area (TPSA) is 71.5 Å². The molecule has 2 aromatic heterocycles. The normalized spacial score (nSPS) is 21.1. The van der Waals surface area contributed by atoms with Gasteiger partial charge in [-0.1, -0.05) is 30.3 Å². The van der Waals surface area contributed by atoms with Crippen molar-refractivity contribution >= 4 is 23.2 Å². The Morgan fingerprint density at radius 2 is 1.88 bits per heavy atom. The van der Waals surface area contributed by atoms with E-state index in [1.54, 1.807) is 19.3 Å². The molecule has 1 aliphatic heterocycles. The Hall–Kier alpha value is -3.03. The van der Waals surface area contributed by atoms with Gasteiger partial charge in [0.1, 0.15) is 0 Å². The zero-order chi connectivity index (χ0) is 22.8. The molecule has 33 heavy (non-hydrogen) atoms. The Bertz CT molecular complexity index is 1120. The summed E-state index contributed by atoms with van der Waals surface area (Å²) < 4.78 is 6.60. The number of aromatic nitrogens is 1. The summed E-state index contributed by atoms with van der Waals surface area (Å²) in [7, 11) is 0. The Kier molecular flexibility index (Phi) is 6.00. The van der Waals surface area contributed by atoms with Gasteiger partial charge in [-0.15, -0.1) is 11.3 Å². The Morgan fingerprint density at radius 3 is 2.58 bits per heavy atom. The van der Waals surface area contributed by atoms with Crippen LogP contribution in [0.1, 0.15) is 52.2 Å². The highest BCUT2D eigenvalue weighted by Gasteiger charge is 2.54. The number of fused-ring (bicyclic) bond motifs is 2. The van der Waals surface area contributed by atoms with Gasteiger partial charge in [-0.25, -0.2) is 0 Å². The van der Waals surface area contributed by atoms with Crippen LogP contribution in [0, 0.1) is 0 Å². The lowest BCUT2D eigenvalue weighted by atomic mass is 9.71. The fourth-order valence-corrected chi connectivity index (χ4v) is 6.06. The van der Waals surface area contributed by atoms with Crippen molar-refractivity contribution in [1.82, 2.24) is 15.2 Å². The van der Waals surface area contributed by atoms with E-state index >= 15 is 0 Å². The summed E-state index contributed by atoms with van der Waals surface area (Å²) >= 11 is 1.48. The Morgan fingerprint density at radius 1 is 1.12 bits per heavy atom. The van der Waals surface area contributed by atoms with E-state index in [4.69, 9.17) is 4.74 Å². The Labute approximate surface area is 197 Å². The molecule has 1 fully saturated rings. The van der Waals surface area contributed by atoms with E-state index < -0.39 is 0 Å². The van der Waals surface area contributed by atoms with Crippen LogP contribution in [0.4, 0.5) is 0 Å². The lowest BCUT2D eigenvalue weighted by Gasteiger charge is -2.44. The number of thiophene rings is 1. The standard InChI is InChI=1S/C26H27N3O3S/c1-18(30)28-23-20-5-2-3-6-21(20)26(24(23)32-17-19-8-12-27-13-9-19)10-14-29(15-11-26)25(31)22-7-4-16-33-22/h2-9,12-13,16,23-24H,10-11,14-15,17H2,1H3,(H,28,30)/t23-,24+/m0/s1. The van der Waals surface area contributed by atoms with E-state index in [-0.39, 0.29) is 29.4 Å². The molecule has 2 atom stereocenters. The van der Waals surface area contributed by atoms with Gasteiger partial charge in [0.05, 0.1) is 23.6 Å². The number of pyridine rings is 1. The van der Waals surface area contributed by atoms with Gasteiger partial charge in [0.2, 0.25) is 5.91 Å². The summed E-state index contributed by atoms with van der Waals surface area (Å²) in [6, 6.07) is 15.8. The second-order valence-electron chi connectivity index (χ2n) is 8.78. The summed E-state index contributed by atoms with van der Waals surface area (Å²) in [6.07, 6.45) is 4.89. The third-order valence-electron chi connectivity index (χ3n) is 6.89. The van der Waals surface area contributed by atoms with Crippen molar-refractivity contribution in [3.8, 4) is 0 Å². The van der Waals surface area contributed by atoms with Gasteiger partial charge < -0.3 is 15.0 Å². The zero-order valence-corrected chi connectivity index (χ0v) is 19.4. The first kappa shape index (κ1) is 21.8. The summed E-state index contributed by atoms with van der Waals surface area (Å²) in [5.41, 5.74) is 3.13. The number of ether oxygens (including phenoxy) is 1. The van der Waals surface area contributed by atoms with Crippen molar-refractivity contribution in [2.75, 3.05) is 13.1 Å². The van der Waals surface area contributed by atoms with Crippen LogP contribution in [-0.4, -0.2) is 40.9 Å². The number of carbonyl (C=O) groups excluding carboxylic acids is 2. The minimum atomic E-state index is -0.261. The molecule has 1 N–H and O–H groups in total. The van der Waals surface area contributed by atoms with Crippen LogP contribution in [0.2, 0.25) is 0 Å². The van der Waals surface area contributed by atoms with Crippen LogP contribution in [-0.2, 0) is 21.6 Å². The highest BCUT2D eigenvalue weighted by atomic mass is 32.1. The SMILES string of the molecule is CC(=O)N[C@H]1c2ccccc2C2(CCN(C(=O)c3cccs3)CC2)[C@@H]1OCc1ccncc1. The van der Waals surface area contributed by atoms with E-state index in [9.17, 15) is 9.59 Å². The van der Waals surface area contributed by atoms with Gasteiger partial charge in [-0.2, -0.15) is 0 Å². The molecule has 0 bridgehead atoms. The molecule has 1 aromatic carbocycles. The molecule has 0 radical (unpaired) electrons. The molecule has 0 unspecified atom stereocenters. The average Bonchev–Trinajstić information content (AvgIpc) is 3.46. The second-order valence-corrected chi connectivity index (χ2v) is 9.73. The van der Waals surface area contributed by atoms with E-state index in [1.807, 2.05) is 40.6 Å². The first-order valence-corrected chi connectivity index (χ1v) is 12.2. The zero-order valence-electron chi connectivity index (χ0n) is 18.6. The Balaban J connectivity index is 1.45. The van der Waals surface area contributed by atoms with Crippen LogP contribution in [0.5, 0.6) is 0 Å². The van der Waals surface area contributed by atoms with E-state index in [1.165, 1.54) is 16.9 Å². The van der Waals surface area contributed by atoms with Gasteiger partial charge >= 0.3 is 0 Å². The van der Waals surface area contributed by atoms with Gasteiger partial charge in [-0.3, -0.25) is 14.6 Å². The molecule has 7 heteroatoms. The van der Waals surface area contributed by atoms with Gasteiger partial charge in [0, 0.05) is 37.8 Å². The van der Waals surface area contributed by atoms with Crippen molar-refractivity contribution in [3.63, 3.8) is 0 Å². The molecule has 1 aliphatic carbocycles. The van der Waals surface area contributed by atoms with Crippen molar-refractivity contribution in [2.45, 2.75) is 43.9 Å². The maximum absolute atomic E-state index is 13.0. The number of piperidine rings is 1. The van der Waals surface area contributed by atoms with Crippen LogP contribution in [0.15, 0.2) is 66.3 Å². The third kappa shape index (κ3) is 4.07. The van der Waals surface area contributed by atoms with E-state index in [0.717, 1.165) is 28.8 Å². The predicted molar refractivity (Wildman–Crippen MR) is 127 cm³/mol. The largest absolute Gasteiger partial charge is 0.370 e. The van der Waals surface area contributed by atoms with Gasteiger partial charge in [0.15, 0.2) is 0 Å². The van der Waals surface area contributed by atoms with Crippen LogP contribution >= 0.6 is 11.3 Å². The first-order valence-electron chi connectivity index (χ1n) is 11.3. The molecule has 6 nitrogen and oxygen atoms in total. The number of nitrogens with one attached hydrogen (secondary N) is 1. The summed E-state index contributed by atoms with van der Waals surface area (Å²) in [5.74, 6) is 0.0217. The fourth-order valence-electron chi connectivity index (χ4n) is 5.37. The fraction of sp³-hybridized carbons (Fsp3) is 0.346. The summed E-state index contributed by atoms with van der Waals surface area (Å²) in [6.45, 7) is 3.31. The molecule has 1 saturated heterocycles. The number of amides is 2. The minimum Gasteiger partial charge on any atom is -0.370 e. The highest BCUT2D eigenvalue weighted by Crippen LogP contribution is 2.52. The number of likely N-dealkylation sites (tertiary alicyclic amines) is 1. The van der Waals surface area contributed by atoms with Crippen molar-refractivity contribution in [2.24, 2.45) is 0 Å². The molecule has 1 spiro atoms. The second kappa shape index (κ2) is 9.08. The smallest absolute Gasteiger partial charge is 0.263 e. The third-order valence-corrected chi connectivity index (χ3v) is 7.75. The summed E-state index contributed by atoms with van der Waals surface area (Å²) in [4.78, 5) is 31.9. The molecule has 3 heterocycles. The van der Waals surface area contributed by atoms with Crippen molar-refractivity contribution < 1.29 is 14.3 Å². The van der Waals surface area contributed by atoms with E-state index in [2.05, 4.69) is 28.5 Å². The van der Waals surface area contributed by atoms with Gasteiger partial charge in [0.25, 0.3) is 5.91 Å². The quantitative estimate of drug-likeness (QED) is 0.621.